The fourth-order valence-corrected chi connectivity index (χ4v) is 3.77. The molecular weight excluding hydrogens is 395 g/mol. The standard InChI is InChI=1S/C23H25FN6O/c24-17-12-16(21(26)31)22(30-23(17)29-20-9-5-4-8-18(20)25)28-15-10-11-19(27-13-15)14-6-2-1-3-7-14/h1-3,6-7,10-13,18,20H,4-5,8-9,25H2,(H2,26,31)(H2,28,29,30)/t18-,20+/m0/s1. The molecule has 160 valence electrons. The van der Waals surface area contributed by atoms with Crippen LogP contribution in [0, 0.1) is 5.82 Å². The number of nitrogens with zero attached hydrogens (tertiary/aromatic N) is 2. The van der Waals surface area contributed by atoms with Crippen molar-refractivity contribution in [1.29, 1.82) is 0 Å². The van der Waals surface area contributed by atoms with Crippen molar-refractivity contribution in [2.45, 2.75) is 37.8 Å². The highest BCUT2D eigenvalue weighted by atomic mass is 19.1. The second kappa shape index (κ2) is 9.09. The van der Waals surface area contributed by atoms with E-state index in [1.54, 1.807) is 6.20 Å². The first-order valence-electron chi connectivity index (χ1n) is 10.3. The fraction of sp³-hybridized carbons (Fsp3) is 0.261. The Labute approximate surface area is 180 Å². The number of anilines is 3. The maximum atomic E-state index is 14.6. The number of aromatic nitrogens is 2. The van der Waals surface area contributed by atoms with Crippen LogP contribution in [0.2, 0.25) is 0 Å². The predicted molar refractivity (Wildman–Crippen MR) is 120 cm³/mol. The van der Waals surface area contributed by atoms with Crippen molar-refractivity contribution >= 4 is 23.2 Å². The van der Waals surface area contributed by atoms with E-state index in [9.17, 15) is 9.18 Å². The monoisotopic (exact) mass is 420 g/mol. The number of pyridine rings is 2. The van der Waals surface area contributed by atoms with Crippen molar-refractivity contribution < 1.29 is 9.18 Å². The number of hydrogen-bond acceptors (Lipinski definition) is 6. The summed E-state index contributed by atoms with van der Waals surface area (Å²) in [5.74, 6) is -1.21. The Bertz CT molecular complexity index is 1060. The van der Waals surface area contributed by atoms with Gasteiger partial charge in [-0.05, 0) is 31.0 Å². The maximum Gasteiger partial charge on any atom is 0.252 e. The van der Waals surface area contributed by atoms with Gasteiger partial charge in [-0.2, -0.15) is 0 Å². The Morgan fingerprint density at radius 2 is 1.84 bits per heavy atom. The van der Waals surface area contributed by atoms with E-state index >= 15 is 0 Å². The molecule has 2 atom stereocenters. The van der Waals surface area contributed by atoms with Crippen LogP contribution in [-0.2, 0) is 0 Å². The molecule has 1 aliphatic carbocycles. The van der Waals surface area contributed by atoms with Gasteiger partial charge in [0.05, 0.1) is 23.1 Å². The van der Waals surface area contributed by atoms with Crippen LogP contribution in [0.4, 0.5) is 21.7 Å². The second-order valence-corrected chi connectivity index (χ2v) is 7.70. The van der Waals surface area contributed by atoms with E-state index in [0.717, 1.165) is 43.0 Å². The molecule has 0 radical (unpaired) electrons. The van der Waals surface area contributed by atoms with Gasteiger partial charge in [-0.3, -0.25) is 9.78 Å². The van der Waals surface area contributed by atoms with Crippen LogP contribution in [0.15, 0.2) is 54.7 Å². The molecule has 8 heteroatoms. The van der Waals surface area contributed by atoms with Crippen LogP contribution < -0.4 is 22.1 Å². The van der Waals surface area contributed by atoms with Crippen LogP contribution in [0.1, 0.15) is 36.0 Å². The van der Waals surface area contributed by atoms with Crippen molar-refractivity contribution in [3.63, 3.8) is 0 Å². The van der Waals surface area contributed by atoms with E-state index in [-0.39, 0.29) is 29.3 Å². The Balaban J connectivity index is 1.59. The molecule has 0 aliphatic heterocycles. The largest absolute Gasteiger partial charge is 0.365 e. The molecule has 1 amide bonds. The van der Waals surface area contributed by atoms with Gasteiger partial charge < -0.3 is 22.1 Å². The Morgan fingerprint density at radius 1 is 1.06 bits per heavy atom. The van der Waals surface area contributed by atoms with Gasteiger partial charge in [-0.15, -0.1) is 0 Å². The van der Waals surface area contributed by atoms with Crippen LogP contribution >= 0.6 is 0 Å². The van der Waals surface area contributed by atoms with E-state index in [2.05, 4.69) is 20.6 Å². The molecule has 1 aromatic carbocycles. The summed E-state index contributed by atoms with van der Waals surface area (Å²) in [7, 11) is 0. The SMILES string of the molecule is NC(=O)c1cc(F)c(N[C@@H]2CCCC[C@@H]2N)nc1Nc1ccc(-c2ccccc2)nc1. The molecule has 7 nitrogen and oxygen atoms in total. The Morgan fingerprint density at radius 3 is 2.52 bits per heavy atom. The first-order valence-corrected chi connectivity index (χ1v) is 10.3. The molecular formula is C23H25FN6O. The molecule has 2 aromatic heterocycles. The van der Waals surface area contributed by atoms with Gasteiger partial charge in [0.2, 0.25) is 0 Å². The van der Waals surface area contributed by atoms with Gasteiger partial charge in [0, 0.05) is 17.6 Å². The Hall–Kier alpha value is -3.52. The minimum atomic E-state index is -0.774. The van der Waals surface area contributed by atoms with Crippen molar-refractivity contribution in [3.8, 4) is 11.3 Å². The Kier molecular flexibility index (Phi) is 6.08. The highest BCUT2D eigenvalue weighted by molar-refractivity contribution is 5.98. The molecule has 4 rings (SSSR count). The molecule has 2 heterocycles. The average Bonchev–Trinajstić information content (AvgIpc) is 2.78. The first-order chi connectivity index (χ1) is 15.0. The van der Waals surface area contributed by atoms with Gasteiger partial charge in [-0.1, -0.05) is 43.2 Å². The summed E-state index contributed by atoms with van der Waals surface area (Å²) < 4.78 is 14.6. The van der Waals surface area contributed by atoms with Crippen molar-refractivity contribution in [2.75, 3.05) is 10.6 Å². The van der Waals surface area contributed by atoms with Crippen molar-refractivity contribution in [3.05, 3.63) is 66.1 Å². The molecule has 31 heavy (non-hydrogen) atoms. The maximum absolute atomic E-state index is 14.6. The highest BCUT2D eigenvalue weighted by Crippen LogP contribution is 2.27. The molecule has 0 spiro atoms. The number of primary amides is 1. The summed E-state index contributed by atoms with van der Waals surface area (Å²) in [5.41, 5.74) is 14.0. The topological polar surface area (TPSA) is 119 Å². The molecule has 3 aromatic rings. The first kappa shape index (κ1) is 20.7. The number of nitrogens with two attached hydrogens (primary N) is 2. The lowest BCUT2D eigenvalue weighted by Crippen LogP contribution is -2.43. The number of benzene rings is 1. The van der Waals surface area contributed by atoms with Crippen molar-refractivity contribution in [2.24, 2.45) is 11.5 Å². The summed E-state index contributed by atoms with van der Waals surface area (Å²) in [5, 5.41) is 6.14. The number of carbonyl (C=O) groups is 1. The number of amides is 1. The zero-order chi connectivity index (χ0) is 21.8. The van der Waals surface area contributed by atoms with E-state index in [1.807, 2.05) is 42.5 Å². The van der Waals surface area contributed by atoms with E-state index in [4.69, 9.17) is 11.5 Å². The number of halogens is 1. The summed E-state index contributed by atoms with van der Waals surface area (Å²) >= 11 is 0. The van der Waals surface area contributed by atoms with Gasteiger partial charge in [0.1, 0.15) is 5.82 Å². The fourth-order valence-electron chi connectivity index (χ4n) is 3.77. The quantitative estimate of drug-likeness (QED) is 0.482. The molecule has 1 saturated carbocycles. The summed E-state index contributed by atoms with van der Waals surface area (Å²) in [6, 6.07) is 14.4. The van der Waals surface area contributed by atoms with Gasteiger partial charge in [0.25, 0.3) is 5.91 Å². The normalized spacial score (nSPS) is 18.4. The van der Waals surface area contributed by atoms with Crippen LogP contribution in [0.3, 0.4) is 0 Å². The number of nitrogens with one attached hydrogen (secondary N) is 2. The summed E-state index contributed by atoms with van der Waals surface area (Å²) in [4.78, 5) is 20.6. The lowest BCUT2D eigenvalue weighted by molar-refractivity contribution is 0.100. The van der Waals surface area contributed by atoms with Gasteiger partial charge in [0.15, 0.2) is 11.6 Å². The van der Waals surface area contributed by atoms with E-state index in [1.165, 1.54) is 0 Å². The van der Waals surface area contributed by atoms with E-state index < -0.39 is 11.7 Å². The molecule has 1 fully saturated rings. The molecule has 0 unspecified atom stereocenters. The summed E-state index contributed by atoms with van der Waals surface area (Å²) in [6.07, 6.45) is 5.44. The molecule has 0 bridgehead atoms. The zero-order valence-electron chi connectivity index (χ0n) is 17.0. The predicted octanol–water partition coefficient (Wildman–Crippen LogP) is 3.81. The second-order valence-electron chi connectivity index (χ2n) is 7.70. The zero-order valence-corrected chi connectivity index (χ0v) is 17.0. The van der Waals surface area contributed by atoms with Gasteiger partial charge >= 0.3 is 0 Å². The molecule has 0 saturated heterocycles. The number of rotatable bonds is 6. The minimum absolute atomic E-state index is 0.0388. The van der Waals surface area contributed by atoms with Crippen LogP contribution in [-0.4, -0.2) is 28.0 Å². The third-order valence-electron chi connectivity index (χ3n) is 5.48. The van der Waals surface area contributed by atoms with Crippen LogP contribution in [0.25, 0.3) is 11.3 Å². The highest BCUT2D eigenvalue weighted by Gasteiger charge is 2.24. The lowest BCUT2D eigenvalue weighted by Gasteiger charge is -2.30. The van der Waals surface area contributed by atoms with E-state index in [0.29, 0.717) is 5.69 Å². The van der Waals surface area contributed by atoms with Crippen molar-refractivity contribution in [1.82, 2.24) is 9.97 Å². The average molecular weight is 420 g/mol. The molecule has 1 aliphatic rings. The van der Waals surface area contributed by atoms with Crippen LogP contribution in [0.5, 0.6) is 0 Å². The number of hydrogen-bond donors (Lipinski definition) is 4. The minimum Gasteiger partial charge on any atom is -0.365 e. The lowest BCUT2D eigenvalue weighted by atomic mass is 9.91. The van der Waals surface area contributed by atoms with Gasteiger partial charge in [-0.25, -0.2) is 9.37 Å². The molecule has 6 N–H and O–H groups in total. The summed E-state index contributed by atoms with van der Waals surface area (Å²) in [6.45, 7) is 0. The third-order valence-corrected chi connectivity index (χ3v) is 5.48. The smallest absolute Gasteiger partial charge is 0.252 e. The third kappa shape index (κ3) is 4.80. The number of carbonyl (C=O) groups excluding carboxylic acids is 1.